The third kappa shape index (κ3) is 4.26. The van der Waals surface area contributed by atoms with Gasteiger partial charge in [0.15, 0.2) is 0 Å². The fourth-order valence-corrected chi connectivity index (χ4v) is 6.84. The molecule has 1 unspecified atom stereocenters. The number of benzene rings is 2. The van der Waals surface area contributed by atoms with E-state index in [9.17, 15) is 28.6 Å². The molecule has 0 radical (unpaired) electrons. The SMILES string of the molecule is COc1ccc(S(=O)(=O)N2CC(O)(O)c3c(Cc4ccccc4)csc3C2C(=O)NO)cc1. The number of nitrogens with one attached hydrogen (secondary N) is 1. The molecule has 3 aromatic rings. The first-order valence-electron chi connectivity index (χ1n) is 9.88. The molecule has 4 rings (SSSR count). The maximum Gasteiger partial charge on any atom is 0.267 e. The number of sulfonamides is 1. The van der Waals surface area contributed by atoms with Crippen LogP contribution in [0.2, 0.25) is 0 Å². The summed E-state index contributed by atoms with van der Waals surface area (Å²) in [6.45, 7) is -0.801. The molecule has 4 N–H and O–H groups in total. The second-order valence-corrected chi connectivity index (χ2v) is 10.4. The summed E-state index contributed by atoms with van der Waals surface area (Å²) in [5, 5.41) is 32.9. The lowest BCUT2D eigenvalue weighted by Crippen LogP contribution is -2.53. The first kappa shape index (κ1) is 23.4. The minimum atomic E-state index is -4.36. The summed E-state index contributed by atoms with van der Waals surface area (Å²) in [7, 11) is -2.92. The second kappa shape index (κ2) is 8.86. The lowest BCUT2D eigenvalue weighted by molar-refractivity contribution is -0.186. The van der Waals surface area contributed by atoms with E-state index < -0.39 is 34.3 Å². The second-order valence-electron chi connectivity index (χ2n) is 7.58. The highest BCUT2D eigenvalue weighted by atomic mass is 32.2. The van der Waals surface area contributed by atoms with Crippen molar-refractivity contribution in [2.45, 2.75) is 23.1 Å². The number of β-amino-alcohol motifs (C(OH)–C–C–N with tert-alkyl or cyclic N) is 2. The van der Waals surface area contributed by atoms with Crippen LogP contribution in [0.3, 0.4) is 0 Å². The molecule has 0 saturated carbocycles. The molecule has 174 valence electrons. The Kier molecular flexibility index (Phi) is 6.27. The van der Waals surface area contributed by atoms with Crippen molar-refractivity contribution in [3.8, 4) is 5.75 Å². The predicted octanol–water partition coefficient (Wildman–Crippen LogP) is 1.74. The molecular formula is C22H22N2O7S2. The number of hydrogen-bond acceptors (Lipinski definition) is 8. The van der Waals surface area contributed by atoms with E-state index in [4.69, 9.17) is 4.74 Å². The Bertz CT molecular complexity index is 1260. The lowest BCUT2D eigenvalue weighted by atomic mass is 9.91. The maximum atomic E-state index is 13.4. The van der Waals surface area contributed by atoms with Crippen LogP contribution in [0.4, 0.5) is 0 Å². The summed E-state index contributed by atoms with van der Waals surface area (Å²) in [5.74, 6) is -3.12. The summed E-state index contributed by atoms with van der Waals surface area (Å²) in [5.41, 5.74) is 3.05. The van der Waals surface area contributed by atoms with E-state index in [2.05, 4.69) is 0 Å². The number of rotatable bonds is 6. The molecule has 0 saturated heterocycles. The van der Waals surface area contributed by atoms with Gasteiger partial charge in [-0.15, -0.1) is 11.3 Å². The minimum absolute atomic E-state index is 0.0751. The zero-order valence-electron chi connectivity index (χ0n) is 17.5. The summed E-state index contributed by atoms with van der Waals surface area (Å²) >= 11 is 1.03. The number of aliphatic hydroxyl groups is 2. The molecule has 2 aromatic carbocycles. The van der Waals surface area contributed by atoms with Gasteiger partial charge in [0.05, 0.1) is 18.6 Å². The molecule has 9 nitrogen and oxygen atoms in total. The number of ether oxygens (including phenoxy) is 1. The number of carbonyl (C=O) groups excluding carboxylic acids is 1. The number of methoxy groups -OCH3 is 1. The Morgan fingerprint density at radius 3 is 2.45 bits per heavy atom. The largest absolute Gasteiger partial charge is 0.497 e. The number of carbonyl (C=O) groups is 1. The van der Waals surface area contributed by atoms with E-state index in [1.165, 1.54) is 36.9 Å². The Balaban J connectivity index is 1.81. The van der Waals surface area contributed by atoms with Crippen LogP contribution in [-0.4, -0.2) is 47.7 Å². The fraction of sp³-hybridized carbons (Fsp3) is 0.227. The van der Waals surface area contributed by atoms with Crippen molar-refractivity contribution in [3.63, 3.8) is 0 Å². The van der Waals surface area contributed by atoms with Gasteiger partial charge in [0.25, 0.3) is 5.91 Å². The van der Waals surface area contributed by atoms with Gasteiger partial charge in [0.1, 0.15) is 11.8 Å². The van der Waals surface area contributed by atoms with Crippen molar-refractivity contribution in [2.75, 3.05) is 13.7 Å². The van der Waals surface area contributed by atoms with Crippen molar-refractivity contribution in [1.29, 1.82) is 0 Å². The van der Waals surface area contributed by atoms with Crippen LogP contribution in [0.5, 0.6) is 5.75 Å². The molecular weight excluding hydrogens is 468 g/mol. The Hall–Kier alpha value is -2.80. The highest BCUT2D eigenvalue weighted by molar-refractivity contribution is 7.89. The summed E-state index contributed by atoms with van der Waals surface area (Å²) < 4.78 is 32.6. The van der Waals surface area contributed by atoms with Crippen molar-refractivity contribution in [1.82, 2.24) is 9.79 Å². The third-order valence-corrected chi connectivity index (χ3v) is 8.38. The average Bonchev–Trinajstić information content (AvgIpc) is 3.23. The van der Waals surface area contributed by atoms with E-state index >= 15 is 0 Å². The van der Waals surface area contributed by atoms with Crippen molar-refractivity contribution in [2.24, 2.45) is 0 Å². The molecule has 1 amide bonds. The van der Waals surface area contributed by atoms with Crippen LogP contribution < -0.4 is 10.2 Å². The number of thiophene rings is 1. The molecule has 33 heavy (non-hydrogen) atoms. The van der Waals surface area contributed by atoms with Gasteiger partial charge >= 0.3 is 0 Å². The fourth-order valence-electron chi connectivity index (χ4n) is 3.95. The van der Waals surface area contributed by atoms with Gasteiger partial charge < -0.3 is 14.9 Å². The van der Waals surface area contributed by atoms with Gasteiger partial charge in [-0.1, -0.05) is 30.3 Å². The van der Waals surface area contributed by atoms with Crippen LogP contribution in [0, 0.1) is 0 Å². The average molecular weight is 491 g/mol. The molecule has 2 heterocycles. The number of amides is 1. The predicted molar refractivity (Wildman–Crippen MR) is 119 cm³/mol. The molecule has 1 atom stereocenters. The smallest absolute Gasteiger partial charge is 0.267 e. The zero-order chi connectivity index (χ0) is 23.8. The Morgan fingerprint density at radius 1 is 1.18 bits per heavy atom. The first-order chi connectivity index (χ1) is 15.7. The third-order valence-electron chi connectivity index (χ3n) is 5.47. The summed E-state index contributed by atoms with van der Waals surface area (Å²) in [6, 6.07) is 13.3. The van der Waals surface area contributed by atoms with E-state index in [-0.39, 0.29) is 15.3 Å². The summed E-state index contributed by atoms with van der Waals surface area (Å²) in [4.78, 5) is 12.6. The van der Waals surface area contributed by atoms with Crippen molar-refractivity contribution in [3.05, 3.63) is 81.5 Å². The van der Waals surface area contributed by atoms with Gasteiger partial charge in [-0.3, -0.25) is 10.0 Å². The number of hydrogen-bond donors (Lipinski definition) is 4. The molecule has 11 heteroatoms. The highest BCUT2D eigenvalue weighted by Gasteiger charge is 2.51. The standard InChI is InChI=1S/C22H22N2O7S2/c1-31-16-7-9-17(10-8-16)33(29,30)24-13-22(26,27)18-15(11-14-5-3-2-4-6-14)12-32-20(18)19(24)21(25)23-28/h2-10,12,19,26-28H,11,13H2,1H3,(H,23,25). The van der Waals surface area contributed by atoms with Crippen LogP contribution in [0.15, 0.2) is 64.9 Å². The first-order valence-corrected chi connectivity index (χ1v) is 12.2. The van der Waals surface area contributed by atoms with Crippen LogP contribution in [-0.2, 0) is 27.0 Å². The van der Waals surface area contributed by atoms with Gasteiger partial charge in [-0.05, 0) is 47.2 Å². The molecule has 0 fully saturated rings. The summed E-state index contributed by atoms with van der Waals surface area (Å²) in [6.07, 6.45) is 0.355. The number of fused-ring (bicyclic) bond motifs is 1. The van der Waals surface area contributed by atoms with Gasteiger partial charge in [0, 0.05) is 10.4 Å². The number of hydroxylamine groups is 1. The minimum Gasteiger partial charge on any atom is -0.497 e. The van der Waals surface area contributed by atoms with E-state index in [1.807, 2.05) is 30.3 Å². The molecule has 1 aliphatic rings. The van der Waals surface area contributed by atoms with E-state index in [0.29, 0.717) is 22.0 Å². The molecule has 0 aliphatic carbocycles. The Morgan fingerprint density at radius 2 is 1.85 bits per heavy atom. The van der Waals surface area contributed by atoms with E-state index in [1.54, 1.807) is 5.38 Å². The normalized spacial score (nSPS) is 17.9. The molecule has 1 aliphatic heterocycles. The van der Waals surface area contributed by atoms with E-state index in [0.717, 1.165) is 16.9 Å². The van der Waals surface area contributed by atoms with Gasteiger partial charge in [-0.2, -0.15) is 4.31 Å². The molecule has 0 bridgehead atoms. The highest BCUT2D eigenvalue weighted by Crippen LogP contribution is 2.45. The van der Waals surface area contributed by atoms with Crippen LogP contribution in [0.25, 0.3) is 0 Å². The van der Waals surface area contributed by atoms with Crippen molar-refractivity contribution >= 4 is 27.3 Å². The Labute approximate surface area is 194 Å². The lowest BCUT2D eigenvalue weighted by Gasteiger charge is -2.39. The zero-order valence-corrected chi connectivity index (χ0v) is 19.1. The van der Waals surface area contributed by atoms with Crippen LogP contribution in [0.1, 0.15) is 27.6 Å². The quantitative estimate of drug-likeness (QED) is 0.235. The van der Waals surface area contributed by atoms with Gasteiger partial charge in [0.2, 0.25) is 15.8 Å². The molecule has 1 aromatic heterocycles. The number of nitrogens with zero attached hydrogens (tertiary/aromatic N) is 1. The maximum absolute atomic E-state index is 13.4. The van der Waals surface area contributed by atoms with Crippen molar-refractivity contribution < 1.29 is 33.4 Å². The monoisotopic (exact) mass is 490 g/mol. The van der Waals surface area contributed by atoms with Crippen LogP contribution >= 0.6 is 11.3 Å². The van der Waals surface area contributed by atoms with Gasteiger partial charge in [-0.25, -0.2) is 13.9 Å². The topological polar surface area (TPSA) is 136 Å². The molecule has 0 spiro atoms.